The first-order chi connectivity index (χ1) is 7.06. The fourth-order valence-electron chi connectivity index (χ4n) is 1.79. The van der Waals surface area contributed by atoms with Gasteiger partial charge < -0.3 is 9.47 Å². The Morgan fingerprint density at radius 2 is 2.27 bits per heavy atom. The monoisotopic (exact) mass is 214 g/mol. The largest absolute Gasteiger partial charge is 0.469 e. The van der Waals surface area contributed by atoms with Crippen LogP contribution in [0.2, 0.25) is 0 Å². The van der Waals surface area contributed by atoms with Gasteiger partial charge in [-0.15, -0.1) is 0 Å². The van der Waals surface area contributed by atoms with Crippen LogP contribution in [0.3, 0.4) is 0 Å². The Labute approximate surface area is 89.9 Å². The fraction of sp³-hybridized carbons (Fsp3) is 0.818. The van der Waals surface area contributed by atoms with Gasteiger partial charge in [0.25, 0.3) is 0 Å². The molecule has 0 saturated carbocycles. The van der Waals surface area contributed by atoms with Gasteiger partial charge in [0.15, 0.2) is 0 Å². The summed E-state index contributed by atoms with van der Waals surface area (Å²) in [5.41, 5.74) is -0.484. The molecule has 0 aliphatic carbocycles. The molecule has 1 aliphatic rings. The molecule has 1 saturated heterocycles. The zero-order chi connectivity index (χ0) is 11.3. The maximum atomic E-state index is 11.3. The number of methoxy groups -OCH3 is 1. The quantitative estimate of drug-likeness (QED) is 0.672. The second-order valence-corrected chi connectivity index (χ2v) is 4.21. The van der Waals surface area contributed by atoms with Gasteiger partial charge in [-0.05, 0) is 32.6 Å². The predicted molar refractivity (Wildman–Crippen MR) is 54.2 cm³/mol. The van der Waals surface area contributed by atoms with Crippen LogP contribution < -0.4 is 0 Å². The van der Waals surface area contributed by atoms with E-state index in [1.807, 2.05) is 6.92 Å². The molecule has 0 N–H and O–H groups in total. The molecule has 4 heteroatoms. The second kappa shape index (κ2) is 5.14. The maximum Gasteiger partial charge on any atom is 0.306 e. The number of ether oxygens (including phenoxy) is 2. The van der Waals surface area contributed by atoms with Crippen LogP contribution in [0.5, 0.6) is 0 Å². The highest BCUT2D eigenvalue weighted by Crippen LogP contribution is 2.28. The van der Waals surface area contributed by atoms with Gasteiger partial charge in [-0.2, -0.15) is 0 Å². The number of hydrogen-bond acceptors (Lipinski definition) is 4. The van der Waals surface area contributed by atoms with Crippen molar-refractivity contribution in [2.24, 2.45) is 0 Å². The number of esters is 2. The third kappa shape index (κ3) is 3.90. The summed E-state index contributed by atoms with van der Waals surface area (Å²) in [6.07, 6.45) is 4.03. The lowest BCUT2D eigenvalue weighted by Crippen LogP contribution is -2.30. The van der Waals surface area contributed by atoms with Crippen molar-refractivity contribution in [3.8, 4) is 0 Å². The van der Waals surface area contributed by atoms with Crippen molar-refractivity contribution in [1.82, 2.24) is 0 Å². The Morgan fingerprint density at radius 3 is 2.93 bits per heavy atom. The Bertz CT molecular complexity index is 249. The summed E-state index contributed by atoms with van der Waals surface area (Å²) in [4.78, 5) is 22.3. The van der Waals surface area contributed by atoms with E-state index >= 15 is 0 Å². The molecule has 0 bridgehead atoms. The smallest absolute Gasteiger partial charge is 0.306 e. The van der Waals surface area contributed by atoms with Crippen molar-refractivity contribution in [3.63, 3.8) is 0 Å². The van der Waals surface area contributed by atoms with Crippen LogP contribution in [0.1, 0.15) is 45.4 Å². The van der Waals surface area contributed by atoms with E-state index in [1.54, 1.807) is 0 Å². The molecule has 15 heavy (non-hydrogen) atoms. The van der Waals surface area contributed by atoms with Gasteiger partial charge in [0, 0.05) is 12.8 Å². The summed E-state index contributed by atoms with van der Waals surface area (Å²) in [6.45, 7) is 1.89. The number of hydrogen-bond donors (Lipinski definition) is 0. The highest BCUT2D eigenvalue weighted by Gasteiger charge is 2.31. The third-order valence-corrected chi connectivity index (χ3v) is 2.78. The molecule has 0 aromatic heterocycles. The molecule has 0 aromatic carbocycles. The molecule has 0 aromatic rings. The van der Waals surface area contributed by atoms with E-state index in [0.717, 1.165) is 19.3 Å². The summed E-state index contributed by atoms with van der Waals surface area (Å²) in [6, 6.07) is 0. The van der Waals surface area contributed by atoms with Gasteiger partial charge in [-0.25, -0.2) is 0 Å². The molecule has 1 atom stereocenters. The third-order valence-electron chi connectivity index (χ3n) is 2.78. The lowest BCUT2D eigenvalue weighted by atomic mass is 9.94. The highest BCUT2D eigenvalue weighted by atomic mass is 16.6. The molecule has 1 heterocycles. The lowest BCUT2D eigenvalue weighted by molar-refractivity contribution is -0.159. The summed E-state index contributed by atoms with van der Waals surface area (Å²) >= 11 is 0. The molecule has 1 fully saturated rings. The first-order valence-corrected chi connectivity index (χ1v) is 5.34. The van der Waals surface area contributed by atoms with Gasteiger partial charge >= 0.3 is 11.9 Å². The minimum atomic E-state index is -0.484. The summed E-state index contributed by atoms with van der Waals surface area (Å²) in [5.74, 6) is -0.406. The van der Waals surface area contributed by atoms with E-state index in [0.29, 0.717) is 19.3 Å². The number of cyclic esters (lactones) is 1. The van der Waals surface area contributed by atoms with Crippen LogP contribution in [0.15, 0.2) is 0 Å². The SMILES string of the molecule is COC(=O)CCC1(C)CCCCC(=O)O1. The van der Waals surface area contributed by atoms with Crippen molar-refractivity contribution in [2.45, 2.75) is 51.0 Å². The van der Waals surface area contributed by atoms with E-state index in [1.165, 1.54) is 7.11 Å². The van der Waals surface area contributed by atoms with Crippen molar-refractivity contribution in [2.75, 3.05) is 7.11 Å². The van der Waals surface area contributed by atoms with E-state index in [4.69, 9.17) is 4.74 Å². The second-order valence-electron chi connectivity index (χ2n) is 4.21. The fourth-order valence-corrected chi connectivity index (χ4v) is 1.79. The molecule has 0 radical (unpaired) electrons. The molecular weight excluding hydrogens is 196 g/mol. The van der Waals surface area contributed by atoms with E-state index < -0.39 is 5.60 Å². The topological polar surface area (TPSA) is 52.6 Å². The molecule has 1 unspecified atom stereocenters. The van der Waals surface area contributed by atoms with E-state index in [2.05, 4.69) is 4.74 Å². The van der Waals surface area contributed by atoms with Gasteiger partial charge in [0.05, 0.1) is 7.11 Å². The normalized spacial score (nSPS) is 26.7. The van der Waals surface area contributed by atoms with Crippen LogP contribution >= 0.6 is 0 Å². The van der Waals surface area contributed by atoms with Crippen LogP contribution in [-0.4, -0.2) is 24.6 Å². The minimum Gasteiger partial charge on any atom is -0.469 e. The molecule has 86 valence electrons. The minimum absolute atomic E-state index is 0.153. The molecule has 0 spiro atoms. The molecule has 1 rings (SSSR count). The van der Waals surface area contributed by atoms with E-state index in [-0.39, 0.29) is 11.9 Å². The van der Waals surface area contributed by atoms with Gasteiger partial charge in [-0.1, -0.05) is 0 Å². The van der Waals surface area contributed by atoms with E-state index in [9.17, 15) is 9.59 Å². The zero-order valence-corrected chi connectivity index (χ0v) is 9.38. The Hall–Kier alpha value is -1.06. The number of rotatable bonds is 3. The molecule has 1 aliphatic heterocycles. The van der Waals surface area contributed by atoms with Crippen LogP contribution in [0, 0.1) is 0 Å². The van der Waals surface area contributed by atoms with Crippen molar-refractivity contribution in [3.05, 3.63) is 0 Å². The van der Waals surface area contributed by atoms with Crippen LogP contribution in [0.4, 0.5) is 0 Å². The summed E-state index contributed by atoms with van der Waals surface area (Å²) < 4.78 is 9.91. The van der Waals surface area contributed by atoms with Gasteiger partial charge in [-0.3, -0.25) is 9.59 Å². The summed E-state index contributed by atoms with van der Waals surface area (Å²) in [5, 5.41) is 0. The van der Waals surface area contributed by atoms with Crippen molar-refractivity contribution < 1.29 is 19.1 Å². The average molecular weight is 214 g/mol. The maximum absolute atomic E-state index is 11.3. The molecule has 0 amide bonds. The van der Waals surface area contributed by atoms with Crippen LogP contribution in [0.25, 0.3) is 0 Å². The Morgan fingerprint density at radius 1 is 1.53 bits per heavy atom. The van der Waals surface area contributed by atoms with Crippen molar-refractivity contribution >= 4 is 11.9 Å². The summed E-state index contributed by atoms with van der Waals surface area (Å²) in [7, 11) is 1.36. The predicted octanol–water partition coefficient (Wildman–Crippen LogP) is 1.82. The zero-order valence-electron chi connectivity index (χ0n) is 9.38. The van der Waals surface area contributed by atoms with Crippen LogP contribution in [-0.2, 0) is 19.1 Å². The highest BCUT2D eigenvalue weighted by molar-refractivity contribution is 5.71. The number of carbonyl (C=O) groups is 2. The first kappa shape index (κ1) is 12.0. The molecular formula is C11H18O4. The van der Waals surface area contributed by atoms with Gasteiger partial charge in [0.1, 0.15) is 5.60 Å². The Kier molecular flexibility index (Phi) is 4.12. The number of carbonyl (C=O) groups excluding carboxylic acids is 2. The average Bonchev–Trinajstić information content (AvgIpc) is 2.37. The first-order valence-electron chi connectivity index (χ1n) is 5.34. The Balaban J connectivity index is 2.48. The van der Waals surface area contributed by atoms with Crippen molar-refractivity contribution in [1.29, 1.82) is 0 Å². The standard InChI is InChI=1S/C11H18O4/c1-11(8-6-9(12)14-2)7-4-3-5-10(13)15-11/h3-8H2,1-2H3. The van der Waals surface area contributed by atoms with Gasteiger partial charge in [0.2, 0.25) is 0 Å². The molecule has 4 nitrogen and oxygen atoms in total. The lowest BCUT2D eigenvalue weighted by Gasteiger charge is -2.27.